The second-order valence-corrected chi connectivity index (χ2v) is 7.09. The van der Waals surface area contributed by atoms with E-state index < -0.39 is 0 Å². The quantitative estimate of drug-likeness (QED) is 0.850. The Labute approximate surface area is 119 Å². The van der Waals surface area contributed by atoms with E-state index in [9.17, 15) is 0 Å². The number of rotatable bonds is 3. The van der Waals surface area contributed by atoms with Gasteiger partial charge in [0.25, 0.3) is 0 Å². The van der Waals surface area contributed by atoms with Crippen LogP contribution in [0.15, 0.2) is 0 Å². The van der Waals surface area contributed by atoms with Crippen molar-refractivity contribution < 1.29 is 0 Å². The molecule has 1 aliphatic carbocycles. The maximum atomic E-state index is 6.44. The summed E-state index contributed by atoms with van der Waals surface area (Å²) >= 11 is 0. The zero-order chi connectivity index (χ0) is 14.0. The molecule has 0 aromatic carbocycles. The molecule has 3 heteroatoms. The summed E-state index contributed by atoms with van der Waals surface area (Å²) in [5.74, 6) is 1.69. The third-order valence-corrected chi connectivity index (χ3v) is 5.60. The topological polar surface area (TPSA) is 32.5 Å². The lowest BCUT2D eigenvalue weighted by Crippen LogP contribution is -2.59. The summed E-state index contributed by atoms with van der Waals surface area (Å²) < 4.78 is 0. The van der Waals surface area contributed by atoms with Crippen molar-refractivity contribution in [1.82, 2.24) is 9.80 Å². The van der Waals surface area contributed by atoms with E-state index >= 15 is 0 Å². The van der Waals surface area contributed by atoms with E-state index in [0.29, 0.717) is 12.1 Å². The van der Waals surface area contributed by atoms with Crippen molar-refractivity contribution in [3.05, 3.63) is 0 Å². The smallest absolute Gasteiger partial charge is 0.0251 e. The molecule has 0 spiro atoms. The van der Waals surface area contributed by atoms with Crippen LogP contribution in [-0.2, 0) is 0 Å². The summed E-state index contributed by atoms with van der Waals surface area (Å²) in [4.78, 5) is 5.22. The van der Waals surface area contributed by atoms with Gasteiger partial charge in [0.15, 0.2) is 0 Å². The molecular formula is C16H33N3. The summed E-state index contributed by atoms with van der Waals surface area (Å²) in [6.45, 7) is 10.7. The van der Waals surface area contributed by atoms with Gasteiger partial charge in [-0.25, -0.2) is 0 Å². The first-order chi connectivity index (χ1) is 9.02. The SMILES string of the molecule is CCC1CN(C2CC(C(C)C)CCC2N)CCN1C. The molecule has 0 aromatic heterocycles. The highest BCUT2D eigenvalue weighted by Crippen LogP contribution is 2.32. The van der Waals surface area contributed by atoms with Crippen LogP contribution in [0, 0.1) is 11.8 Å². The van der Waals surface area contributed by atoms with Crippen LogP contribution in [0.25, 0.3) is 0 Å². The van der Waals surface area contributed by atoms with Crippen molar-refractivity contribution in [2.75, 3.05) is 26.7 Å². The predicted octanol–water partition coefficient (Wildman–Crippen LogP) is 2.16. The van der Waals surface area contributed by atoms with Crippen molar-refractivity contribution >= 4 is 0 Å². The molecule has 2 rings (SSSR count). The second kappa shape index (κ2) is 6.55. The number of piperazine rings is 1. The Kier molecular flexibility index (Phi) is 5.27. The van der Waals surface area contributed by atoms with Crippen molar-refractivity contribution in [3.63, 3.8) is 0 Å². The van der Waals surface area contributed by atoms with Gasteiger partial charge in [-0.05, 0) is 44.6 Å². The summed E-state index contributed by atoms with van der Waals surface area (Å²) in [5.41, 5.74) is 6.44. The Morgan fingerprint density at radius 1 is 1.21 bits per heavy atom. The molecule has 112 valence electrons. The Morgan fingerprint density at radius 2 is 1.95 bits per heavy atom. The first kappa shape index (κ1) is 15.3. The van der Waals surface area contributed by atoms with Gasteiger partial charge in [0, 0.05) is 37.8 Å². The van der Waals surface area contributed by atoms with Crippen LogP contribution in [-0.4, -0.2) is 54.6 Å². The zero-order valence-electron chi connectivity index (χ0n) is 13.3. The van der Waals surface area contributed by atoms with Gasteiger partial charge in [0.05, 0.1) is 0 Å². The van der Waals surface area contributed by atoms with Crippen LogP contribution in [0.2, 0.25) is 0 Å². The molecule has 4 unspecified atom stereocenters. The lowest BCUT2D eigenvalue weighted by molar-refractivity contribution is 0.0265. The van der Waals surface area contributed by atoms with Crippen LogP contribution in [0.3, 0.4) is 0 Å². The molecule has 0 aromatic rings. The van der Waals surface area contributed by atoms with Gasteiger partial charge >= 0.3 is 0 Å². The van der Waals surface area contributed by atoms with Crippen molar-refractivity contribution in [3.8, 4) is 0 Å². The fourth-order valence-corrected chi connectivity index (χ4v) is 3.94. The Morgan fingerprint density at radius 3 is 2.58 bits per heavy atom. The maximum absolute atomic E-state index is 6.44. The lowest BCUT2D eigenvalue weighted by atomic mass is 9.76. The minimum atomic E-state index is 0.399. The Bertz CT molecular complexity index is 279. The number of nitrogens with zero attached hydrogens (tertiary/aromatic N) is 2. The van der Waals surface area contributed by atoms with E-state index in [1.54, 1.807) is 0 Å². The van der Waals surface area contributed by atoms with Crippen LogP contribution >= 0.6 is 0 Å². The molecule has 19 heavy (non-hydrogen) atoms. The van der Waals surface area contributed by atoms with Crippen LogP contribution in [0.1, 0.15) is 46.5 Å². The first-order valence-corrected chi connectivity index (χ1v) is 8.22. The molecule has 0 radical (unpaired) electrons. The summed E-state index contributed by atoms with van der Waals surface area (Å²) in [6.07, 6.45) is 5.12. The van der Waals surface area contributed by atoms with Crippen LogP contribution < -0.4 is 5.73 Å². The molecular weight excluding hydrogens is 234 g/mol. The minimum absolute atomic E-state index is 0.399. The lowest BCUT2D eigenvalue weighted by Gasteiger charge is -2.47. The van der Waals surface area contributed by atoms with Crippen molar-refractivity contribution in [2.24, 2.45) is 17.6 Å². The third-order valence-electron chi connectivity index (χ3n) is 5.60. The van der Waals surface area contributed by atoms with Crippen LogP contribution in [0.5, 0.6) is 0 Å². The van der Waals surface area contributed by atoms with E-state index in [4.69, 9.17) is 5.73 Å². The van der Waals surface area contributed by atoms with Gasteiger partial charge in [-0.15, -0.1) is 0 Å². The summed E-state index contributed by atoms with van der Waals surface area (Å²) in [5, 5.41) is 0. The standard InChI is InChI=1S/C16H33N3/c1-5-14-11-19(9-8-18(14)4)16-10-13(12(2)3)6-7-15(16)17/h12-16H,5-11,17H2,1-4H3. The summed E-state index contributed by atoms with van der Waals surface area (Å²) in [6, 6.07) is 1.75. The van der Waals surface area contributed by atoms with Crippen molar-refractivity contribution in [2.45, 2.75) is 64.6 Å². The average Bonchev–Trinajstić information content (AvgIpc) is 2.40. The first-order valence-electron chi connectivity index (χ1n) is 8.22. The van der Waals surface area contributed by atoms with E-state index in [2.05, 4.69) is 37.6 Å². The largest absolute Gasteiger partial charge is 0.326 e. The third kappa shape index (κ3) is 3.50. The van der Waals surface area contributed by atoms with Gasteiger partial charge in [0.2, 0.25) is 0 Å². The number of likely N-dealkylation sites (N-methyl/N-ethyl adjacent to an activating group) is 1. The van der Waals surface area contributed by atoms with Gasteiger partial charge in [-0.1, -0.05) is 20.8 Å². The molecule has 4 atom stereocenters. The second-order valence-electron chi connectivity index (χ2n) is 7.09. The average molecular weight is 267 g/mol. The molecule has 1 saturated heterocycles. The number of nitrogens with two attached hydrogens (primary N) is 1. The number of hydrogen-bond acceptors (Lipinski definition) is 3. The van der Waals surface area contributed by atoms with Gasteiger partial charge in [0.1, 0.15) is 0 Å². The van der Waals surface area contributed by atoms with Crippen molar-refractivity contribution in [1.29, 1.82) is 0 Å². The minimum Gasteiger partial charge on any atom is -0.326 e. The van der Waals surface area contributed by atoms with E-state index in [1.807, 2.05) is 0 Å². The monoisotopic (exact) mass is 267 g/mol. The molecule has 1 heterocycles. The molecule has 0 amide bonds. The highest BCUT2D eigenvalue weighted by Gasteiger charge is 2.36. The highest BCUT2D eigenvalue weighted by molar-refractivity contribution is 4.93. The highest BCUT2D eigenvalue weighted by atomic mass is 15.3. The molecule has 2 N–H and O–H groups in total. The molecule has 0 bridgehead atoms. The van der Waals surface area contributed by atoms with E-state index in [1.165, 1.54) is 45.3 Å². The fourth-order valence-electron chi connectivity index (χ4n) is 3.94. The molecule has 2 fully saturated rings. The zero-order valence-corrected chi connectivity index (χ0v) is 13.3. The van der Waals surface area contributed by atoms with Crippen LogP contribution in [0.4, 0.5) is 0 Å². The Hall–Kier alpha value is -0.120. The number of hydrogen-bond donors (Lipinski definition) is 1. The Balaban J connectivity index is 1.98. The molecule has 1 saturated carbocycles. The van der Waals surface area contributed by atoms with Gasteiger partial charge in [-0.2, -0.15) is 0 Å². The van der Waals surface area contributed by atoms with Gasteiger partial charge in [-0.3, -0.25) is 4.90 Å². The normalized spacial score (nSPS) is 38.8. The van der Waals surface area contributed by atoms with E-state index in [0.717, 1.165) is 17.9 Å². The maximum Gasteiger partial charge on any atom is 0.0251 e. The summed E-state index contributed by atoms with van der Waals surface area (Å²) in [7, 11) is 2.27. The molecule has 1 aliphatic heterocycles. The van der Waals surface area contributed by atoms with Gasteiger partial charge < -0.3 is 10.6 Å². The molecule has 2 aliphatic rings. The fraction of sp³-hybridized carbons (Fsp3) is 1.00. The molecule has 3 nitrogen and oxygen atoms in total. The predicted molar refractivity (Wildman–Crippen MR) is 82.2 cm³/mol. The van der Waals surface area contributed by atoms with E-state index in [-0.39, 0.29) is 0 Å².